The molecule has 0 bridgehead atoms. The van der Waals surface area contributed by atoms with Crippen LogP contribution in [0.5, 0.6) is 0 Å². The molecule has 0 saturated carbocycles. The lowest BCUT2D eigenvalue weighted by Gasteiger charge is -2.13. The summed E-state index contributed by atoms with van der Waals surface area (Å²) >= 11 is 0. The van der Waals surface area contributed by atoms with Gasteiger partial charge in [-0.2, -0.15) is 0 Å². The summed E-state index contributed by atoms with van der Waals surface area (Å²) in [6.07, 6.45) is -1.47. The molecule has 0 aliphatic carbocycles. The van der Waals surface area contributed by atoms with Crippen LogP contribution in [0.25, 0.3) is 0 Å². The van der Waals surface area contributed by atoms with Crippen LogP contribution in [0.1, 0.15) is 17.2 Å². The van der Waals surface area contributed by atoms with Gasteiger partial charge in [0.25, 0.3) is 5.69 Å². The smallest absolute Gasteiger partial charge is 0.269 e. The quantitative estimate of drug-likeness (QED) is 0.693. The predicted octanol–water partition coefficient (Wildman–Crippen LogP) is 2.43. The Morgan fingerprint density at radius 1 is 1.10 bits per heavy atom. The van der Waals surface area contributed by atoms with E-state index in [0.29, 0.717) is 11.3 Å². The largest absolute Gasteiger partial charge is 0.384 e. The van der Waals surface area contributed by atoms with E-state index in [4.69, 9.17) is 4.84 Å². The van der Waals surface area contributed by atoms with E-state index < -0.39 is 17.1 Å². The fraction of sp³-hybridized carbons (Fsp3) is 0.133. The third-order valence-electron chi connectivity index (χ3n) is 3.33. The number of hydrogen-bond donors (Lipinski definition) is 1. The standard InChI is InChI=1S/C15H12N2O4/c18-14-13(10-6-8-12(9-7-10)17(19)20)16-21-15(14)11-4-2-1-3-5-11/h1-9,14-15,18H/t14-,15+/m0/s1. The number of nitro benzene ring substituents is 1. The van der Waals surface area contributed by atoms with Crippen molar-refractivity contribution in [2.75, 3.05) is 0 Å². The topological polar surface area (TPSA) is 85.0 Å². The molecule has 0 spiro atoms. The van der Waals surface area contributed by atoms with Gasteiger partial charge in [-0.15, -0.1) is 0 Å². The molecular weight excluding hydrogens is 272 g/mol. The van der Waals surface area contributed by atoms with Crippen LogP contribution in [0.3, 0.4) is 0 Å². The van der Waals surface area contributed by atoms with Crippen LogP contribution >= 0.6 is 0 Å². The lowest BCUT2D eigenvalue weighted by molar-refractivity contribution is -0.384. The van der Waals surface area contributed by atoms with E-state index in [-0.39, 0.29) is 5.69 Å². The van der Waals surface area contributed by atoms with Gasteiger partial charge in [-0.25, -0.2) is 0 Å². The molecule has 6 heteroatoms. The van der Waals surface area contributed by atoms with Gasteiger partial charge in [0.1, 0.15) is 11.8 Å². The van der Waals surface area contributed by atoms with Crippen LogP contribution in [0.2, 0.25) is 0 Å². The van der Waals surface area contributed by atoms with Gasteiger partial charge in [-0.3, -0.25) is 10.1 Å². The van der Waals surface area contributed by atoms with Gasteiger partial charge in [-0.05, 0) is 17.7 Å². The number of rotatable bonds is 3. The number of aliphatic hydroxyl groups is 1. The molecular formula is C15H12N2O4. The maximum Gasteiger partial charge on any atom is 0.269 e. The second-order valence-corrected chi connectivity index (χ2v) is 4.66. The molecule has 1 aliphatic heterocycles. The number of benzene rings is 2. The van der Waals surface area contributed by atoms with Gasteiger partial charge in [-0.1, -0.05) is 35.5 Å². The van der Waals surface area contributed by atoms with Gasteiger partial charge < -0.3 is 9.94 Å². The molecule has 0 aromatic heterocycles. The fourth-order valence-electron chi connectivity index (χ4n) is 2.23. The first kappa shape index (κ1) is 13.3. The van der Waals surface area contributed by atoms with Crippen molar-refractivity contribution < 1.29 is 14.9 Å². The van der Waals surface area contributed by atoms with Gasteiger partial charge >= 0.3 is 0 Å². The molecule has 0 radical (unpaired) electrons. The van der Waals surface area contributed by atoms with Gasteiger partial charge in [0.15, 0.2) is 6.10 Å². The van der Waals surface area contributed by atoms with Gasteiger partial charge in [0.05, 0.1) is 4.92 Å². The Morgan fingerprint density at radius 3 is 2.38 bits per heavy atom. The van der Waals surface area contributed by atoms with Crippen molar-refractivity contribution in [3.63, 3.8) is 0 Å². The number of nitrogens with zero attached hydrogens (tertiary/aromatic N) is 2. The zero-order chi connectivity index (χ0) is 14.8. The molecule has 1 heterocycles. The van der Waals surface area contributed by atoms with E-state index in [1.165, 1.54) is 12.1 Å². The Bertz CT molecular complexity index is 683. The Kier molecular flexibility index (Phi) is 3.37. The zero-order valence-electron chi connectivity index (χ0n) is 10.9. The highest BCUT2D eigenvalue weighted by molar-refractivity contribution is 6.04. The minimum atomic E-state index is -0.908. The molecule has 0 saturated heterocycles. The summed E-state index contributed by atoms with van der Waals surface area (Å²) < 4.78 is 0. The number of oxime groups is 1. The van der Waals surface area contributed by atoms with Crippen LogP contribution in [-0.4, -0.2) is 21.8 Å². The number of non-ortho nitro benzene ring substituents is 1. The number of aliphatic hydroxyl groups excluding tert-OH is 1. The summed E-state index contributed by atoms with van der Waals surface area (Å²) in [6, 6.07) is 15.1. The van der Waals surface area contributed by atoms with E-state index in [1.54, 1.807) is 12.1 Å². The monoisotopic (exact) mass is 284 g/mol. The molecule has 1 N–H and O–H groups in total. The second kappa shape index (κ2) is 5.34. The van der Waals surface area contributed by atoms with Crippen molar-refractivity contribution in [2.45, 2.75) is 12.2 Å². The average Bonchev–Trinajstić information content (AvgIpc) is 2.90. The zero-order valence-corrected chi connectivity index (χ0v) is 10.9. The van der Waals surface area contributed by atoms with E-state index in [0.717, 1.165) is 5.56 Å². The molecule has 3 rings (SSSR count). The summed E-state index contributed by atoms with van der Waals surface area (Å²) in [4.78, 5) is 15.5. The van der Waals surface area contributed by atoms with Crippen molar-refractivity contribution in [3.8, 4) is 0 Å². The third-order valence-corrected chi connectivity index (χ3v) is 3.33. The molecule has 2 atom stereocenters. The van der Waals surface area contributed by atoms with Crippen molar-refractivity contribution in [1.29, 1.82) is 0 Å². The highest BCUT2D eigenvalue weighted by Gasteiger charge is 2.34. The maximum atomic E-state index is 10.6. The highest BCUT2D eigenvalue weighted by atomic mass is 16.7. The summed E-state index contributed by atoms with van der Waals surface area (Å²) in [7, 11) is 0. The van der Waals surface area contributed by atoms with Crippen LogP contribution in [-0.2, 0) is 4.84 Å². The van der Waals surface area contributed by atoms with Crippen molar-refractivity contribution in [1.82, 2.24) is 0 Å². The molecule has 6 nitrogen and oxygen atoms in total. The molecule has 0 fully saturated rings. The average molecular weight is 284 g/mol. The van der Waals surface area contributed by atoms with Gasteiger partial charge in [0, 0.05) is 17.7 Å². The lowest BCUT2D eigenvalue weighted by Crippen LogP contribution is -2.23. The number of nitro groups is 1. The van der Waals surface area contributed by atoms with Crippen LogP contribution in [0.15, 0.2) is 59.8 Å². The minimum absolute atomic E-state index is 0.00707. The molecule has 106 valence electrons. The van der Waals surface area contributed by atoms with Crippen molar-refractivity contribution in [3.05, 3.63) is 75.8 Å². The van der Waals surface area contributed by atoms with Crippen molar-refractivity contribution >= 4 is 11.4 Å². The molecule has 2 aromatic carbocycles. The van der Waals surface area contributed by atoms with Crippen LogP contribution in [0, 0.1) is 10.1 Å². The molecule has 1 aliphatic rings. The predicted molar refractivity (Wildman–Crippen MR) is 75.9 cm³/mol. The first-order valence-corrected chi connectivity index (χ1v) is 6.38. The second-order valence-electron chi connectivity index (χ2n) is 4.66. The Morgan fingerprint density at radius 2 is 1.76 bits per heavy atom. The summed E-state index contributed by atoms with van der Waals surface area (Å²) in [6.45, 7) is 0. The van der Waals surface area contributed by atoms with E-state index in [2.05, 4.69) is 5.16 Å². The SMILES string of the molecule is O=[N+]([O-])c1ccc(C2=NO[C@H](c3ccccc3)[C@H]2O)cc1. The first-order chi connectivity index (χ1) is 10.2. The van der Waals surface area contributed by atoms with E-state index in [1.807, 2.05) is 30.3 Å². The van der Waals surface area contributed by atoms with E-state index in [9.17, 15) is 15.2 Å². The molecule has 2 aromatic rings. The highest BCUT2D eigenvalue weighted by Crippen LogP contribution is 2.30. The summed E-state index contributed by atoms with van der Waals surface area (Å²) in [5.74, 6) is 0. The summed E-state index contributed by atoms with van der Waals surface area (Å²) in [5, 5.41) is 24.9. The Labute approximate surface area is 120 Å². The fourth-order valence-corrected chi connectivity index (χ4v) is 2.23. The third kappa shape index (κ3) is 2.48. The molecule has 21 heavy (non-hydrogen) atoms. The Balaban J connectivity index is 1.83. The van der Waals surface area contributed by atoms with Crippen molar-refractivity contribution in [2.24, 2.45) is 5.16 Å². The maximum absolute atomic E-state index is 10.6. The molecule has 0 amide bonds. The van der Waals surface area contributed by atoms with Crippen LogP contribution in [0.4, 0.5) is 5.69 Å². The summed E-state index contributed by atoms with van der Waals surface area (Å²) in [5.41, 5.74) is 1.79. The minimum Gasteiger partial charge on any atom is -0.384 e. The normalized spacial score (nSPS) is 20.7. The van der Waals surface area contributed by atoms with Gasteiger partial charge in [0.2, 0.25) is 0 Å². The van der Waals surface area contributed by atoms with Crippen LogP contribution < -0.4 is 0 Å². The molecule has 0 unspecified atom stereocenters. The first-order valence-electron chi connectivity index (χ1n) is 6.38. The lowest BCUT2D eigenvalue weighted by atomic mass is 9.97. The number of hydrogen-bond acceptors (Lipinski definition) is 5. The Hall–Kier alpha value is -2.73. The van der Waals surface area contributed by atoms with E-state index >= 15 is 0 Å².